The van der Waals surface area contributed by atoms with Crippen molar-refractivity contribution in [2.45, 2.75) is 25.4 Å². The first kappa shape index (κ1) is 25.9. The topological polar surface area (TPSA) is 86.6 Å². The number of anilines is 1. The molecule has 1 aliphatic heterocycles. The van der Waals surface area contributed by atoms with Crippen molar-refractivity contribution in [3.63, 3.8) is 0 Å². The second kappa shape index (κ2) is 11.7. The molecule has 200 valence electrons. The van der Waals surface area contributed by atoms with E-state index in [-0.39, 0.29) is 12.1 Å². The molecule has 2 aromatic carbocycles. The number of rotatable bonds is 10. The highest BCUT2D eigenvalue weighted by atomic mass is 32.1. The van der Waals surface area contributed by atoms with Gasteiger partial charge in [0.2, 0.25) is 0 Å². The number of nitrogens with one attached hydrogen (secondary N) is 1. The molecule has 1 saturated heterocycles. The van der Waals surface area contributed by atoms with Crippen molar-refractivity contribution in [3.8, 4) is 28.5 Å². The maximum atomic E-state index is 13.4. The number of benzene rings is 2. The third-order valence-electron chi connectivity index (χ3n) is 6.69. The van der Waals surface area contributed by atoms with Crippen LogP contribution in [0, 0.1) is 0 Å². The highest BCUT2D eigenvalue weighted by Crippen LogP contribution is 2.34. The summed E-state index contributed by atoms with van der Waals surface area (Å²) < 4.78 is 24.3. The Bertz CT molecular complexity index is 1400. The maximum absolute atomic E-state index is 13.4. The van der Waals surface area contributed by atoms with Crippen LogP contribution < -0.4 is 19.5 Å². The van der Waals surface area contributed by atoms with Crippen LogP contribution in [0.25, 0.3) is 16.2 Å². The van der Waals surface area contributed by atoms with E-state index in [2.05, 4.69) is 15.1 Å². The van der Waals surface area contributed by atoms with Gasteiger partial charge in [-0.25, -0.2) is 9.78 Å². The molecule has 38 heavy (non-hydrogen) atoms. The number of para-hydroxylation sites is 2. The number of methoxy groups -OCH3 is 3. The molecule has 2 aromatic heterocycles. The minimum absolute atomic E-state index is 0.0429. The van der Waals surface area contributed by atoms with Gasteiger partial charge >= 0.3 is 6.03 Å². The van der Waals surface area contributed by atoms with Crippen molar-refractivity contribution in [2.24, 2.45) is 0 Å². The van der Waals surface area contributed by atoms with E-state index in [0.717, 1.165) is 52.9 Å². The molecule has 0 bridgehead atoms. The molecule has 0 spiro atoms. The summed E-state index contributed by atoms with van der Waals surface area (Å²) in [5.41, 5.74) is 3.39. The van der Waals surface area contributed by atoms with E-state index in [9.17, 15) is 4.79 Å². The van der Waals surface area contributed by atoms with Gasteiger partial charge in [0.1, 0.15) is 17.2 Å². The zero-order valence-corrected chi connectivity index (χ0v) is 22.6. The first-order valence-corrected chi connectivity index (χ1v) is 13.5. The van der Waals surface area contributed by atoms with Crippen LogP contribution >= 0.6 is 11.3 Å². The van der Waals surface area contributed by atoms with E-state index < -0.39 is 0 Å². The van der Waals surface area contributed by atoms with Crippen molar-refractivity contribution in [1.29, 1.82) is 0 Å². The molecule has 0 saturated carbocycles. The van der Waals surface area contributed by atoms with E-state index in [1.54, 1.807) is 32.7 Å². The minimum Gasteiger partial charge on any atom is -0.497 e. The Labute approximate surface area is 225 Å². The standard InChI is InChI=1S/C28H32N4O5S/c1-34-20-10-11-25(35-2)22(15-20)24-17-32-19(18-38-28(32)30-24)12-13-31(16-21-7-6-14-37-21)27(33)29-23-8-4-5-9-26(23)36-3/h4-5,8-11,15,17-18,21H,6-7,12-14,16H2,1-3H3,(H,29,33). The number of carbonyl (C=O) groups excluding carboxylic acids is 1. The molecular formula is C28H32N4O5S. The van der Waals surface area contributed by atoms with Gasteiger partial charge in [0.25, 0.3) is 0 Å². The van der Waals surface area contributed by atoms with E-state index in [4.69, 9.17) is 23.9 Å². The van der Waals surface area contributed by atoms with Gasteiger partial charge in [0, 0.05) is 49.0 Å². The fourth-order valence-corrected chi connectivity index (χ4v) is 5.56. The van der Waals surface area contributed by atoms with Gasteiger partial charge in [0.05, 0.1) is 38.8 Å². The number of hydrogen-bond acceptors (Lipinski definition) is 7. The quantitative estimate of drug-likeness (QED) is 0.294. The SMILES string of the molecule is COc1ccc(OC)c(-c2cn3c(CCN(CC4CCCO4)C(=O)Nc4ccccc4OC)csc3n2)c1. The Morgan fingerprint density at radius 1 is 1.16 bits per heavy atom. The highest BCUT2D eigenvalue weighted by Gasteiger charge is 2.24. The van der Waals surface area contributed by atoms with Gasteiger partial charge < -0.3 is 29.2 Å². The van der Waals surface area contributed by atoms with E-state index >= 15 is 0 Å². The number of amides is 2. The number of ether oxygens (including phenoxy) is 4. The Kier molecular flexibility index (Phi) is 8.00. The molecule has 1 aliphatic rings. The molecule has 9 nitrogen and oxygen atoms in total. The summed E-state index contributed by atoms with van der Waals surface area (Å²) in [6, 6.07) is 12.9. The predicted octanol–water partition coefficient (Wildman–Crippen LogP) is 5.34. The molecule has 1 N–H and O–H groups in total. The van der Waals surface area contributed by atoms with Crippen molar-refractivity contribution in [1.82, 2.24) is 14.3 Å². The number of carbonyl (C=O) groups is 1. The van der Waals surface area contributed by atoms with Gasteiger partial charge in [-0.3, -0.25) is 4.40 Å². The van der Waals surface area contributed by atoms with Crippen LogP contribution in [-0.4, -0.2) is 67.4 Å². The average molecular weight is 537 g/mol. The molecule has 0 aliphatic carbocycles. The van der Waals surface area contributed by atoms with Crippen molar-refractivity contribution in [3.05, 3.63) is 59.7 Å². The minimum atomic E-state index is -0.177. The van der Waals surface area contributed by atoms with Crippen LogP contribution in [0.3, 0.4) is 0 Å². The van der Waals surface area contributed by atoms with Crippen LogP contribution in [0.4, 0.5) is 10.5 Å². The van der Waals surface area contributed by atoms with E-state index in [0.29, 0.717) is 30.9 Å². The molecule has 1 atom stereocenters. The van der Waals surface area contributed by atoms with Gasteiger partial charge in [-0.1, -0.05) is 12.1 Å². The van der Waals surface area contributed by atoms with Gasteiger partial charge in [-0.15, -0.1) is 11.3 Å². The van der Waals surface area contributed by atoms with Crippen LogP contribution in [0.2, 0.25) is 0 Å². The fraction of sp³-hybridized carbons (Fsp3) is 0.357. The van der Waals surface area contributed by atoms with E-state index in [1.165, 1.54) is 0 Å². The molecule has 0 radical (unpaired) electrons. The molecule has 10 heteroatoms. The summed E-state index contributed by atoms with van der Waals surface area (Å²) >= 11 is 1.57. The number of fused-ring (bicyclic) bond motifs is 1. The lowest BCUT2D eigenvalue weighted by molar-refractivity contribution is 0.0838. The zero-order valence-electron chi connectivity index (χ0n) is 21.8. The Balaban J connectivity index is 1.35. The third-order valence-corrected chi connectivity index (χ3v) is 7.58. The number of imidazole rings is 1. The Morgan fingerprint density at radius 2 is 2.00 bits per heavy atom. The zero-order chi connectivity index (χ0) is 26.5. The van der Waals surface area contributed by atoms with Crippen LogP contribution in [0.15, 0.2) is 54.0 Å². The van der Waals surface area contributed by atoms with Crippen LogP contribution in [0.1, 0.15) is 18.5 Å². The highest BCUT2D eigenvalue weighted by molar-refractivity contribution is 7.15. The lowest BCUT2D eigenvalue weighted by Crippen LogP contribution is -2.41. The molecule has 3 heterocycles. The molecule has 1 fully saturated rings. The summed E-state index contributed by atoms with van der Waals surface area (Å²) in [6.07, 6.45) is 4.69. The second-order valence-corrected chi connectivity index (χ2v) is 9.87. The molecular weight excluding hydrogens is 504 g/mol. The summed E-state index contributed by atoms with van der Waals surface area (Å²) in [6.45, 7) is 1.80. The number of thiazole rings is 1. The maximum Gasteiger partial charge on any atom is 0.322 e. The molecule has 4 aromatic rings. The van der Waals surface area contributed by atoms with E-state index in [1.807, 2.05) is 53.6 Å². The van der Waals surface area contributed by atoms with Crippen LogP contribution in [-0.2, 0) is 11.2 Å². The first-order chi connectivity index (χ1) is 18.6. The third kappa shape index (κ3) is 5.56. The smallest absolute Gasteiger partial charge is 0.322 e. The van der Waals surface area contributed by atoms with Crippen molar-refractivity contribution >= 4 is 28.0 Å². The normalized spacial score (nSPS) is 15.0. The molecule has 1 unspecified atom stereocenters. The molecule has 5 rings (SSSR count). The molecule has 2 amide bonds. The monoisotopic (exact) mass is 536 g/mol. The summed E-state index contributed by atoms with van der Waals surface area (Å²) in [7, 11) is 4.88. The number of hydrogen-bond donors (Lipinski definition) is 1. The lowest BCUT2D eigenvalue weighted by atomic mass is 10.1. The second-order valence-electron chi connectivity index (χ2n) is 9.03. The van der Waals surface area contributed by atoms with Gasteiger partial charge in [0.15, 0.2) is 4.96 Å². The Hall–Kier alpha value is -3.76. The first-order valence-electron chi connectivity index (χ1n) is 12.6. The summed E-state index contributed by atoms with van der Waals surface area (Å²) in [4.78, 5) is 20.9. The lowest BCUT2D eigenvalue weighted by Gasteiger charge is -2.26. The number of aromatic nitrogens is 2. The van der Waals surface area contributed by atoms with Crippen LogP contribution in [0.5, 0.6) is 17.2 Å². The average Bonchev–Trinajstić information content (AvgIpc) is 3.69. The van der Waals surface area contributed by atoms with Crippen molar-refractivity contribution in [2.75, 3.05) is 46.3 Å². The number of nitrogens with zero attached hydrogens (tertiary/aromatic N) is 3. The fourth-order valence-electron chi connectivity index (χ4n) is 4.65. The summed E-state index contributed by atoms with van der Waals surface area (Å²) in [5.74, 6) is 2.09. The predicted molar refractivity (Wildman–Crippen MR) is 148 cm³/mol. The van der Waals surface area contributed by atoms with Gasteiger partial charge in [-0.05, 0) is 43.2 Å². The Morgan fingerprint density at radius 3 is 2.76 bits per heavy atom. The van der Waals surface area contributed by atoms with Crippen molar-refractivity contribution < 1.29 is 23.7 Å². The van der Waals surface area contributed by atoms with Gasteiger partial charge in [-0.2, -0.15) is 0 Å². The summed E-state index contributed by atoms with van der Waals surface area (Å²) in [5, 5.41) is 5.11. The largest absolute Gasteiger partial charge is 0.497 e. The number of urea groups is 1.